The highest BCUT2D eigenvalue weighted by Gasteiger charge is 2.25. The Bertz CT molecular complexity index is 747. The molecular weight excluding hydrogens is 368 g/mol. The summed E-state index contributed by atoms with van der Waals surface area (Å²) in [6, 6.07) is 3.69. The van der Waals surface area contributed by atoms with Crippen molar-refractivity contribution >= 4 is 31.6 Å². The molecule has 112 valence electrons. The van der Waals surface area contributed by atoms with E-state index in [1.54, 1.807) is 0 Å². The molecule has 0 aliphatic carbocycles. The highest BCUT2D eigenvalue weighted by Crippen LogP contribution is 2.26. The molecule has 1 N–H and O–H groups in total. The summed E-state index contributed by atoms with van der Waals surface area (Å²) in [7, 11) is -4.02. The number of nitrogens with zero attached hydrogens (tertiary/aromatic N) is 3. The second kappa shape index (κ2) is 6.28. The van der Waals surface area contributed by atoms with Crippen LogP contribution in [0.5, 0.6) is 0 Å². The summed E-state index contributed by atoms with van der Waals surface area (Å²) in [5.41, 5.74) is -0.497. The lowest BCUT2D eigenvalue weighted by atomic mass is 10.3. The van der Waals surface area contributed by atoms with Gasteiger partial charge in [0, 0.05) is 23.5 Å². The van der Waals surface area contributed by atoms with Crippen LogP contribution < -0.4 is 4.72 Å². The number of aromatic nitrogens is 2. The summed E-state index contributed by atoms with van der Waals surface area (Å²) < 4.78 is 31.7. The summed E-state index contributed by atoms with van der Waals surface area (Å²) in [4.78, 5) is 13.5. The average Bonchev–Trinajstić information content (AvgIpc) is 2.91. The van der Waals surface area contributed by atoms with Crippen LogP contribution in [0.2, 0.25) is 0 Å². The fraction of sp³-hybridized carbons (Fsp3) is 0.200. The topological polar surface area (TPSA) is 128 Å². The molecule has 0 saturated heterocycles. The van der Waals surface area contributed by atoms with Crippen LogP contribution >= 0.6 is 15.9 Å². The smallest absolute Gasteiger partial charge is 0.289 e. The van der Waals surface area contributed by atoms with Gasteiger partial charge < -0.3 is 4.52 Å². The van der Waals surface area contributed by atoms with E-state index < -0.39 is 25.5 Å². The van der Waals surface area contributed by atoms with E-state index in [1.807, 2.05) is 0 Å². The first kappa shape index (κ1) is 15.5. The van der Waals surface area contributed by atoms with Crippen molar-refractivity contribution in [2.24, 2.45) is 0 Å². The summed E-state index contributed by atoms with van der Waals surface area (Å²) in [5, 5.41) is 14.3. The van der Waals surface area contributed by atoms with Crippen LogP contribution in [0.15, 0.2) is 38.4 Å². The molecule has 2 aromatic rings. The molecule has 0 aliphatic rings. The number of hydrogen-bond acceptors (Lipinski definition) is 7. The standard InChI is InChI=1S/C10H9BrN4O5S/c11-7-1-2-8(15(16)17)9(5-7)21(18,19)14-4-3-10-12-6-13-20-10/h1-2,5-6,14H,3-4H2. The third-order valence-corrected chi connectivity index (χ3v) is 4.43. The fourth-order valence-corrected chi connectivity index (χ4v) is 3.27. The van der Waals surface area contributed by atoms with E-state index in [9.17, 15) is 18.5 Å². The van der Waals surface area contributed by atoms with Gasteiger partial charge >= 0.3 is 0 Å². The maximum Gasteiger partial charge on any atom is 0.289 e. The quantitative estimate of drug-likeness (QED) is 0.593. The maximum absolute atomic E-state index is 12.1. The van der Waals surface area contributed by atoms with E-state index in [0.29, 0.717) is 4.47 Å². The van der Waals surface area contributed by atoms with E-state index in [1.165, 1.54) is 18.5 Å². The molecule has 0 saturated carbocycles. The first-order valence-corrected chi connectivity index (χ1v) is 7.87. The molecule has 0 atom stereocenters. The summed E-state index contributed by atoms with van der Waals surface area (Å²) >= 11 is 3.09. The molecule has 0 fully saturated rings. The Kier molecular flexibility index (Phi) is 4.65. The summed E-state index contributed by atoms with van der Waals surface area (Å²) in [6.07, 6.45) is 1.38. The molecule has 0 aliphatic heterocycles. The second-order valence-electron chi connectivity index (χ2n) is 3.85. The van der Waals surface area contributed by atoms with Gasteiger partial charge in [-0.25, -0.2) is 13.1 Å². The van der Waals surface area contributed by atoms with Crippen molar-refractivity contribution in [2.75, 3.05) is 6.54 Å². The molecule has 2 rings (SSSR count). The molecule has 0 unspecified atom stereocenters. The van der Waals surface area contributed by atoms with E-state index in [2.05, 4.69) is 30.8 Å². The Morgan fingerprint density at radius 2 is 2.19 bits per heavy atom. The minimum atomic E-state index is -4.02. The van der Waals surface area contributed by atoms with Crippen LogP contribution in [0.25, 0.3) is 0 Å². The normalized spacial score (nSPS) is 11.5. The number of nitro benzene ring substituents is 1. The first-order valence-electron chi connectivity index (χ1n) is 5.59. The van der Waals surface area contributed by atoms with E-state index in [-0.39, 0.29) is 18.9 Å². The Balaban J connectivity index is 2.19. The number of rotatable bonds is 6. The molecule has 1 aromatic carbocycles. The minimum Gasteiger partial charge on any atom is -0.340 e. The lowest BCUT2D eigenvalue weighted by molar-refractivity contribution is -0.387. The fourth-order valence-electron chi connectivity index (χ4n) is 1.53. The van der Waals surface area contributed by atoms with Gasteiger partial charge in [-0.15, -0.1) is 0 Å². The molecular formula is C10H9BrN4O5S. The zero-order chi connectivity index (χ0) is 15.5. The van der Waals surface area contributed by atoms with E-state index >= 15 is 0 Å². The average molecular weight is 377 g/mol. The number of nitro groups is 1. The number of hydrogen-bond donors (Lipinski definition) is 1. The van der Waals surface area contributed by atoms with Crippen LogP contribution in [-0.2, 0) is 16.4 Å². The highest BCUT2D eigenvalue weighted by atomic mass is 79.9. The third-order valence-electron chi connectivity index (χ3n) is 2.45. The van der Waals surface area contributed by atoms with Gasteiger partial charge in [-0.3, -0.25) is 10.1 Å². The molecule has 0 amide bonds. The van der Waals surface area contributed by atoms with E-state index in [4.69, 9.17) is 4.52 Å². The van der Waals surface area contributed by atoms with Crippen LogP contribution in [0, 0.1) is 10.1 Å². The number of nitrogens with one attached hydrogen (secondary N) is 1. The van der Waals surface area contributed by atoms with Gasteiger partial charge in [0.2, 0.25) is 15.9 Å². The Morgan fingerprint density at radius 1 is 1.43 bits per heavy atom. The van der Waals surface area contributed by atoms with Crippen LogP contribution in [0.4, 0.5) is 5.69 Å². The lowest BCUT2D eigenvalue weighted by Crippen LogP contribution is -2.26. The molecule has 9 nitrogen and oxygen atoms in total. The molecule has 11 heteroatoms. The van der Waals surface area contributed by atoms with Crippen molar-refractivity contribution in [1.29, 1.82) is 0 Å². The van der Waals surface area contributed by atoms with Crippen molar-refractivity contribution in [1.82, 2.24) is 14.9 Å². The molecule has 21 heavy (non-hydrogen) atoms. The largest absolute Gasteiger partial charge is 0.340 e. The number of halogens is 1. The Hall–Kier alpha value is -1.85. The predicted molar refractivity (Wildman–Crippen MR) is 74.0 cm³/mol. The van der Waals surface area contributed by atoms with Crippen LogP contribution in [0.3, 0.4) is 0 Å². The monoisotopic (exact) mass is 376 g/mol. The SMILES string of the molecule is O=[N+]([O-])c1ccc(Br)cc1S(=O)(=O)NCCc1ncno1. The zero-order valence-corrected chi connectivity index (χ0v) is 12.8. The van der Waals surface area contributed by atoms with Crippen molar-refractivity contribution in [2.45, 2.75) is 11.3 Å². The van der Waals surface area contributed by atoms with Crippen molar-refractivity contribution < 1.29 is 17.9 Å². The van der Waals surface area contributed by atoms with Gasteiger partial charge in [0.05, 0.1) is 4.92 Å². The van der Waals surface area contributed by atoms with Crippen molar-refractivity contribution in [3.8, 4) is 0 Å². The van der Waals surface area contributed by atoms with Gasteiger partial charge in [-0.1, -0.05) is 21.1 Å². The Labute approximate surface area is 127 Å². The van der Waals surface area contributed by atoms with Crippen molar-refractivity contribution in [3.05, 3.63) is 45.0 Å². The van der Waals surface area contributed by atoms with Gasteiger partial charge in [0.15, 0.2) is 11.2 Å². The van der Waals surface area contributed by atoms with Crippen LogP contribution in [-0.4, -0.2) is 30.0 Å². The first-order chi connectivity index (χ1) is 9.90. The second-order valence-corrected chi connectivity index (χ2v) is 6.50. The zero-order valence-electron chi connectivity index (χ0n) is 10.4. The summed E-state index contributed by atoms with van der Waals surface area (Å²) in [5.74, 6) is 0.265. The van der Waals surface area contributed by atoms with Crippen molar-refractivity contribution in [3.63, 3.8) is 0 Å². The molecule has 0 spiro atoms. The van der Waals surface area contributed by atoms with E-state index in [0.717, 1.165) is 6.07 Å². The molecule has 1 aromatic heterocycles. The molecule has 0 radical (unpaired) electrons. The van der Waals surface area contributed by atoms with Gasteiger partial charge in [-0.2, -0.15) is 4.98 Å². The lowest BCUT2D eigenvalue weighted by Gasteiger charge is -2.06. The van der Waals surface area contributed by atoms with Gasteiger partial charge in [-0.05, 0) is 12.1 Å². The molecule has 0 bridgehead atoms. The van der Waals surface area contributed by atoms with Crippen LogP contribution in [0.1, 0.15) is 5.89 Å². The Morgan fingerprint density at radius 3 is 2.81 bits per heavy atom. The molecule has 1 heterocycles. The number of sulfonamides is 1. The third kappa shape index (κ3) is 3.83. The number of benzene rings is 1. The van der Waals surface area contributed by atoms with Gasteiger partial charge in [0.1, 0.15) is 0 Å². The predicted octanol–water partition coefficient (Wildman–Crippen LogP) is 1.26. The van der Waals surface area contributed by atoms with Gasteiger partial charge in [0.25, 0.3) is 5.69 Å². The summed E-state index contributed by atoms with van der Waals surface area (Å²) in [6.45, 7) is -0.0196. The minimum absolute atomic E-state index is 0.0196. The maximum atomic E-state index is 12.1. The highest BCUT2D eigenvalue weighted by molar-refractivity contribution is 9.10.